The number of thiazole rings is 1. The SMILES string of the molecule is CC1(C)CCCN(c2nc(CCN)cs2)CC1. The van der Waals surface area contributed by atoms with E-state index in [0.717, 1.165) is 25.2 Å². The van der Waals surface area contributed by atoms with Crippen molar-refractivity contribution in [3.63, 3.8) is 0 Å². The van der Waals surface area contributed by atoms with Gasteiger partial charge in [-0.25, -0.2) is 4.98 Å². The molecule has 0 saturated carbocycles. The molecule has 1 aromatic heterocycles. The zero-order valence-corrected chi connectivity index (χ0v) is 11.7. The first-order chi connectivity index (χ1) is 8.11. The van der Waals surface area contributed by atoms with E-state index < -0.39 is 0 Å². The van der Waals surface area contributed by atoms with Crippen LogP contribution in [0.4, 0.5) is 5.13 Å². The average molecular weight is 253 g/mol. The molecular formula is C13H23N3S. The van der Waals surface area contributed by atoms with Crippen LogP contribution in [-0.2, 0) is 6.42 Å². The van der Waals surface area contributed by atoms with Gasteiger partial charge >= 0.3 is 0 Å². The number of rotatable bonds is 3. The summed E-state index contributed by atoms with van der Waals surface area (Å²) >= 11 is 1.76. The summed E-state index contributed by atoms with van der Waals surface area (Å²) < 4.78 is 0. The molecule has 2 rings (SSSR count). The third kappa shape index (κ3) is 3.42. The normalized spacial score (nSPS) is 20.3. The van der Waals surface area contributed by atoms with Crippen LogP contribution in [0.25, 0.3) is 0 Å². The monoisotopic (exact) mass is 253 g/mol. The van der Waals surface area contributed by atoms with Gasteiger partial charge < -0.3 is 10.6 Å². The fourth-order valence-electron chi connectivity index (χ4n) is 2.32. The van der Waals surface area contributed by atoms with Gasteiger partial charge in [0.25, 0.3) is 0 Å². The van der Waals surface area contributed by atoms with Gasteiger partial charge in [0.2, 0.25) is 0 Å². The molecule has 0 bridgehead atoms. The predicted molar refractivity (Wildman–Crippen MR) is 74.7 cm³/mol. The van der Waals surface area contributed by atoms with Crippen molar-refractivity contribution in [3.05, 3.63) is 11.1 Å². The second-order valence-electron chi connectivity index (χ2n) is 5.66. The van der Waals surface area contributed by atoms with Crippen LogP contribution in [0.5, 0.6) is 0 Å². The Kier molecular flexibility index (Phi) is 4.05. The predicted octanol–water partition coefficient (Wildman–Crippen LogP) is 2.66. The molecule has 1 aliphatic rings. The van der Waals surface area contributed by atoms with Crippen LogP contribution in [0, 0.1) is 5.41 Å². The van der Waals surface area contributed by atoms with Gasteiger partial charge in [-0.05, 0) is 31.2 Å². The van der Waals surface area contributed by atoms with Crippen LogP contribution < -0.4 is 10.6 Å². The minimum absolute atomic E-state index is 0.492. The van der Waals surface area contributed by atoms with Crippen molar-refractivity contribution >= 4 is 16.5 Å². The van der Waals surface area contributed by atoms with Crippen LogP contribution >= 0.6 is 11.3 Å². The van der Waals surface area contributed by atoms with Crippen LogP contribution in [0.1, 0.15) is 38.8 Å². The van der Waals surface area contributed by atoms with Crippen molar-refractivity contribution in [2.75, 3.05) is 24.5 Å². The number of hydrogen-bond donors (Lipinski definition) is 1. The Balaban J connectivity index is 2.01. The maximum atomic E-state index is 5.56. The molecule has 0 atom stereocenters. The second kappa shape index (κ2) is 5.36. The molecule has 4 heteroatoms. The molecule has 0 aromatic carbocycles. The van der Waals surface area contributed by atoms with Crippen molar-refractivity contribution in [2.45, 2.75) is 39.5 Å². The lowest BCUT2D eigenvalue weighted by molar-refractivity contribution is 0.325. The van der Waals surface area contributed by atoms with E-state index in [1.807, 2.05) is 0 Å². The van der Waals surface area contributed by atoms with E-state index in [-0.39, 0.29) is 0 Å². The van der Waals surface area contributed by atoms with Gasteiger partial charge in [-0.3, -0.25) is 0 Å². The second-order valence-corrected chi connectivity index (χ2v) is 6.50. The summed E-state index contributed by atoms with van der Waals surface area (Å²) in [5, 5.41) is 3.34. The topological polar surface area (TPSA) is 42.2 Å². The molecule has 1 aliphatic heterocycles. The average Bonchev–Trinajstić information content (AvgIpc) is 2.64. The first kappa shape index (κ1) is 12.8. The van der Waals surface area contributed by atoms with Gasteiger partial charge in [0.05, 0.1) is 5.69 Å². The summed E-state index contributed by atoms with van der Waals surface area (Å²) in [5.41, 5.74) is 7.20. The van der Waals surface area contributed by atoms with Crippen molar-refractivity contribution < 1.29 is 0 Å². The Hall–Kier alpha value is -0.610. The highest BCUT2D eigenvalue weighted by Gasteiger charge is 2.24. The molecule has 0 unspecified atom stereocenters. The molecule has 1 fully saturated rings. The smallest absolute Gasteiger partial charge is 0.185 e. The van der Waals surface area contributed by atoms with Gasteiger partial charge in [-0.15, -0.1) is 11.3 Å². The number of aromatic nitrogens is 1. The zero-order valence-electron chi connectivity index (χ0n) is 10.9. The molecule has 1 aromatic rings. The third-order valence-corrected chi connectivity index (χ3v) is 4.50. The van der Waals surface area contributed by atoms with E-state index >= 15 is 0 Å². The van der Waals surface area contributed by atoms with E-state index in [9.17, 15) is 0 Å². The van der Waals surface area contributed by atoms with Crippen LogP contribution in [0.3, 0.4) is 0 Å². The largest absolute Gasteiger partial charge is 0.348 e. The minimum atomic E-state index is 0.492. The van der Waals surface area contributed by atoms with Crippen LogP contribution in [0.2, 0.25) is 0 Å². The molecule has 0 radical (unpaired) electrons. The van der Waals surface area contributed by atoms with E-state index in [1.54, 1.807) is 11.3 Å². The molecule has 17 heavy (non-hydrogen) atoms. The zero-order chi connectivity index (χ0) is 12.3. The van der Waals surface area contributed by atoms with Crippen molar-refractivity contribution in [1.82, 2.24) is 4.98 Å². The first-order valence-corrected chi connectivity index (χ1v) is 7.38. The molecule has 0 spiro atoms. The Morgan fingerprint density at radius 3 is 3.00 bits per heavy atom. The third-order valence-electron chi connectivity index (χ3n) is 3.55. The molecule has 2 N–H and O–H groups in total. The summed E-state index contributed by atoms with van der Waals surface area (Å²) in [6, 6.07) is 0. The first-order valence-electron chi connectivity index (χ1n) is 6.50. The molecule has 96 valence electrons. The maximum Gasteiger partial charge on any atom is 0.185 e. The standard InChI is InChI=1S/C13H23N3S/c1-13(2)5-3-8-16(9-6-13)12-15-11(4-7-14)10-17-12/h10H,3-9,14H2,1-2H3. The summed E-state index contributed by atoms with van der Waals surface area (Å²) in [4.78, 5) is 7.12. The van der Waals surface area contributed by atoms with Crippen LogP contribution in [0.15, 0.2) is 5.38 Å². The molecule has 0 amide bonds. The lowest BCUT2D eigenvalue weighted by atomic mass is 9.85. The summed E-state index contributed by atoms with van der Waals surface area (Å²) in [5.74, 6) is 0. The van der Waals surface area contributed by atoms with Gasteiger partial charge in [0.15, 0.2) is 5.13 Å². The van der Waals surface area contributed by atoms with Crippen molar-refractivity contribution in [1.29, 1.82) is 0 Å². The highest BCUT2D eigenvalue weighted by Crippen LogP contribution is 2.32. The molecule has 2 heterocycles. The lowest BCUT2D eigenvalue weighted by Gasteiger charge is -2.22. The molecule has 1 saturated heterocycles. The van der Waals surface area contributed by atoms with Gasteiger partial charge in [0.1, 0.15) is 0 Å². The maximum absolute atomic E-state index is 5.56. The fraction of sp³-hybridized carbons (Fsp3) is 0.769. The summed E-state index contributed by atoms with van der Waals surface area (Å²) in [7, 11) is 0. The Morgan fingerprint density at radius 2 is 2.24 bits per heavy atom. The highest BCUT2D eigenvalue weighted by molar-refractivity contribution is 7.13. The fourth-order valence-corrected chi connectivity index (χ4v) is 3.23. The van der Waals surface area contributed by atoms with E-state index in [2.05, 4.69) is 29.1 Å². The van der Waals surface area contributed by atoms with Gasteiger partial charge in [-0.2, -0.15) is 0 Å². The van der Waals surface area contributed by atoms with E-state index in [4.69, 9.17) is 5.73 Å². The number of hydrogen-bond acceptors (Lipinski definition) is 4. The van der Waals surface area contributed by atoms with E-state index in [0.29, 0.717) is 12.0 Å². The highest BCUT2D eigenvalue weighted by atomic mass is 32.1. The Morgan fingerprint density at radius 1 is 1.41 bits per heavy atom. The quantitative estimate of drug-likeness (QED) is 0.900. The van der Waals surface area contributed by atoms with Crippen molar-refractivity contribution in [3.8, 4) is 0 Å². The van der Waals surface area contributed by atoms with Crippen molar-refractivity contribution in [2.24, 2.45) is 11.1 Å². The summed E-state index contributed by atoms with van der Waals surface area (Å²) in [6.07, 6.45) is 4.76. The molecule has 3 nitrogen and oxygen atoms in total. The molecular weight excluding hydrogens is 230 g/mol. The van der Waals surface area contributed by atoms with Gasteiger partial charge in [-0.1, -0.05) is 13.8 Å². The lowest BCUT2D eigenvalue weighted by Crippen LogP contribution is -2.24. The van der Waals surface area contributed by atoms with Gasteiger partial charge in [0, 0.05) is 24.9 Å². The number of nitrogens with zero attached hydrogens (tertiary/aromatic N) is 2. The molecule has 0 aliphatic carbocycles. The number of anilines is 1. The minimum Gasteiger partial charge on any atom is -0.348 e. The number of nitrogens with two attached hydrogens (primary N) is 1. The van der Waals surface area contributed by atoms with E-state index in [1.165, 1.54) is 24.4 Å². The summed E-state index contributed by atoms with van der Waals surface area (Å²) in [6.45, 7) is 7.73. The Labute approximate surface area is 108 Å². The Bertz CT molecular complexity index is 359. The van der Waals surface area contributed by atoms with Crippen LogP contribution in [-0.4, -0.2) is 24.6 Å².